The molecule has 2 atom stereocenters. The van der Waals surface area contributed by atoms with Crippen molar-refractivity contribution in [2.45, 2.75) is 251 Å². The van der Waals surface area contributed by atoms with Crippen molar-refractivity contribution in [3.8, 4) is 0 Å². The lowest BCUT2D eigenvalue weighted by Gasteiger charge is -2.19. The molecule has 0 aliphatic rings. The van der Waals surface area contributed by atoms with Gasteiger partial charge in [0.15, 0.2) is 6.10 Å². The largest absolute Gasteiger partial charge is 0.472 e. The lowest BCUT2D eigenvalue weighted by atomic mass is 10.0. The van der Waals surface area contributed by atoms with E-state index in [1.807, 2.05) is 0 Å². The number of phosphoric acid groups is 1. The molecule has 0 aromatic heterocycles. The first-order valence-electron chi connectivity index (χ1n) is 30.0. The van der Waals surface area contributed by atoms with Crippen molar-refractivity contribution < 1.29 is 37.6 Å². The second-order valence-electron chi connectivity index (χ2n) is 19.5. The van der Waals surface area contributed by atoms with Crippen LogP contribution in [0.3, 0.4) is 0 Å². The van der Waals surface area contributed by atoms with Crippen molar-refractivity contribution in [2.75, 3.05) is 26.4 Å². The van der Waals surface area contributed by atoms with E-state index >= 15 is 0 Å². The SMILES string of the molecule is CC/C=C\C/C=C\C/C=C\C/C=C\C/C=C\C/C=C\C/C=C\C/C=C\C/C=C\C/C=C\CCCCCCCCC(=O)OC(COC(=O)CCCCCCCCCCCCCCCCCCC)COP(=O)(O)OCCN. The van der Waals surface area contributed by atoms with Gasteiger partial charge in [0.2, 0.25) is 0 Å². The molecule has 0 amide bonds. The highest BCUT2D eigenvalue weighted by Crippen LogP contribution is 2.43. The summed E-state index contributed by atoms with van der Waals surface area (Å²) < 4.78 is 33.0. The lowest BCUT2D eigenvalue weighted by molar-refractivity contribution is -0.161. The van der Waals surface area contributed by atoms with E-state index in [4.69, 9.17) is 24.3 Å². The van der Waals surface area contributed by atoms with Crippen molar-refractivity contribution in [3.05, 3.63) is 122 Å². The molecule has 0 rings (SSSR count). The van der Waals surface area contributed by atoms with Crippen LogP contribution in [0, 0.1) is 0 Å². The van der Waals surface area contributed by atoms with Gasteiger partial charge in [-0.05, 0) is 89.9 Å². The highest BCUT2D eigenvalue weighted by molar-refractivity contribution is 7.47. The topological polar surface area (TPSA) is 134 Å². The Morgan fingerprint density at radius 1 is 0.413 bits per heavy atom. The maximum atomic E-state index is 12.7. The van der Waals surface area contributed by atoms with Crippen LogP contribution in [0.5, 0.6) is 0 Å². The molecule has 0 radical (unpaired) electrons. The summed E-state index contributed by atoms with van der Waals surface area (Å²) >= 11 is 0. The van der Waals surface area contributed by atoms with Gasteiger partial charge in [-0.15, -0.1) is 0 Å². The number of phosphoric ester groups is 1. The molecule has 0 aliphatic heterocycles. The summed E-state index contributed by atoms with van der Waals surface area (Å²) in [5.41, 5.74) is 5.38. The van der Waals surface area contributed by atoms with Crippen molar-refractivity contribution in [1.82, 2.24) is 0 Å². The van der Waals surface area contributed by atoms with Crippen LogP contribution in [0.25, 0.3) is 0 Å². The van der Waals surface area contributed by atoms with E-state index in [1.165, 1.54) is 89.9 Å². The smallest absolute Gasteiger partial charge is 0.462 e. The molecule has 10 heteroatoms. The Hall–Kier alpha value is -3.59. The first kappa shape index (κ1) is 71.4. The zero-order valence-electron chi connectivity index (χ0n) is 47.7. The summed E-state index contributed by atoms with van der Waals surface area (Å²) in [7, 11) is -4.40. The maximum Gasteiger partial charge on any atom is 0.472 e. The molecule has 0 bridgehead atoms. The first-order chi connectivity index (χ1) is 36.8. The van der Waals surface area contributed by atoms with E-state index in [1.54, 1.807) is 0 Å². The molecule has 0 aromatic rings. The van der Waals surface area contributed by atoms with Crippen LogP contribution in [0.4, 0.5) is 0 Å². The molecule has 0 aromatic carbocycles. The fraction of sp³-hybridized carbons (Fsp3) is 0.662. The van der Waals surface area contributed by atoms with Crippen LogP contribution in [0.15, 0.2) is 122 Å². The van der Waals surface area contributed by atoms with Gasteiger partial charge < -0.3 is 20.1 Å². The number of nitrogens with two attached hydrogens (primary N) is 1. The molecular formula is C65H110NO8P. The number of rotatable bonds is 55. The summed E-state index contributed by atoms with van der Waals surface area (Å²) in [5, 5.41) is 0. The Morgan fingerprint density at radius 2 is 0.733 bits per heavy atom. The standard InChI is InChI=1S/C65H110NO8P/c1-3-5-7-9-11-13-15-17-19-21-22-23-24-25-26-27-28-29-30-31-32-33-34-35-36-37-38-39-40-42-44-46-48-50-52-54-56-58-65(68)74-63(62-73-75(69,70)72-60-59-66)61-71-64(67)57-55-53-51-49-47-45-43-41-20-18-16-14-12-10-8-6-4-2/h5,7,11,13,17,19,22-23,25-26,28-29,31-32,34-35,37-38,40,42,63H,3-4,6,8-10,12,14-16,18,20-21,24,27,30,33,36,39,41,43-62,66H2,1-2H3,(H,69,70)/b7-5-,13-11-,19-17-,23-22-,26-25-,29-28-,32-31-,35-34-,38-37-,42-40-. The minimum Gasteiger partial charge on any atom is -0.462 e. The minimum atomic E-state index is -4.40. The monoisotopic (exact) mass is 1060 g/mol. The van der Waals surface area contributed by atoms with Crippen molar-refractivity contribution in [3.63, 3.8) is 0 Å². The Bertz CT molecular complexity index is 1640. The number of hydrogen-bond acceptors (Lipinski definition) is 8. The van der Waals surface area contributed by atoms with Crippen molar-refractivity contribution in [2.24, 2.45) is 5.73 Å². The Labute approximate surface area is 460 Å². The second kappa shape index (κ2) is 59.7. The molecule has 0 spiro atoms. The van der Waals surface area contributed by atoms with E-state index in [0.29, 0.717) is 6.42 Å². The third kappa shape index (κ3) is 59.5. The summed E-state index contributed by atoms with van der Waals surface area (Å²) in [6, 6.07) is 0. The summed E-state index contributed by atoms with van der Waals surface area (Å²) in [5.74, 6) is -0.845. The van der Waals surface area contributed by atoms with Crippen LogP contribution >= 0.6 is 7.82 Å². The molecule has 2 unspecified atom stereocenters. The fourth-order valence-corrected chi connectivity index (χ4v) is 8.72. The number of ether oxygens (including phenoxy) is 2. The summed E-state index contributed by atoms with van der Waals surface area (Å²) in [6.45, 7) is 3.62. The van der Waals surface area contributed by atoms with Gasteiger partial charge in [0.1, 0.15) is 6.61 Å². The molecule has 0 fully saturated rings. The first-order valence-corrected chi connectivity index (χ1v) is 31.5. The summed E-state index contributed by atoms with van der Waals surface area (Å²) in [6.07, 6.45) is 82.5. The van der Waals surface area contributed by atoms with Gasteiger partial charge in [-0.2, -0.15) is 0 Å². The van der Waals surface area contributed by atoms with Crippen LogP contribution in [0.2, 0.25) is 0 Å². The molecular weight excluding hydrogens is 954 g/mol. The van der Waals surface area contributed by atoms with E-state index in [-0.39, 0.29) is 38.6 Å². The normalized spacial score (nSPS) is 13.9. The number of hydrogen-bond donors (Lipinski definition) is 2. The number of carbonyl (C=O) groups excluding carboxylic acids is 2. The average Bonchev–Trinajstić information content (AvgIpc) is 3.40. The number of carbonyl (C=O) groups is 2. The number of esters is 2. The Morgan fingerprint density at radius 3 is 1.09 bits per heavy atom. The van der Waals surface area contributed by atoms with Gasteiger partial charge in [0.25, 0.3) is 0 Å². The predicted octanol–water partition coefficient (Wildman–Crippen LogP) is 19.2. The fourth-order valence-electron chi connectivity index (χ4n) is 7.96. The Balaban J connectivity index is 4.03. The number of allylic oxidation sites excluding steroid dienone is 20. The quantitative estimate of drug-likeness (QED) is 0.0264. The maximum absolute atomic E-state index is 12.7. The van der Waals surface area contributed by atoms with Gasteiger partial charge >= 0.3 is 19.8 Å². The molecule has 0 heterocycles. The second-order valence-corrected chi connectivity index (χ2v) is 20.9. The van der Waals surface area contributed by atoms with Gasteiger partial charge in [0, 0.05) is 19.4 Å². The number of unbranched alkanes of at least 4 members (excludes halogenated alkanes) is 22. The molecule has 428 valence electrons. The van der Waals surface area contributed by atoms with Crippen molar-refractivity contribution >= 4 is 19.8 Å². The zero-order valence-corrected chi connectivity index (χ0v) is 48.6. The van der Waals surface area contributed by atoms with Crippen LogP contribution in [-0.4, -0.2) is 49.3 Å². The van der Waals surface area contributed by atoms with Crippen LogP contribution in [-0.2, 0) is 32.7 Å². The molecule has 0 saturated carbocycles. The van der Waals surface area contributed by atoms with Crippen LogP contribution < -0.4 is 5.73 Å². The third-order valence-electron chi connectivity index (χ3n) is 12.4. The van der Waals surface area contributed by atoms with E-state index < -0.39 is 26.5 Å². The highest BCUT2D eigenvalue weighted by atomic mass is 31.2. The predicted molar refractivity (Wildman–Crippen MR) is 321 cm³/mol. The van der Waals surface area contributed by atoms with Crippen LogP contribution in [0.1, 0.15) is 245 Å². The van der Waals surface area contributed by atoms with Gasteiger partial charge in [-0.25, -0.2) is 4.57 Å². The van der Waals surface area contributed by atoms with Crippen molar-refractivity contribution in [1.29, 1.82) is 0 Å². The summed E-state index contributed by atoms with van der Waals surface area (Å²) in [4.78, 5) is 35.2. The van der Waals surface area contributed by atoms with E-state index in [0.717, 1.165) is 122 Å². The zero-order chi connectivity index (χ0) is 54.5. The van der Waals surface area contributed by atoms with Gasteiger partial charge in [0.05, 0.1) is 13.2 Å². The van der Waals surface area contributed by atoms with Gasteiger partial charge in [-0.3, -0.25) is 18.6 Å². The third-order valence-corrected chi connectivity index (χ3v) is 13.3. The van der Waals surface area contributed by atoms with Gasteiger partial charge in [-0.1, -0.05) is 264 Å². The Kier molecular flexibility index (Phi) is 56.8. The minimum absolute atomic E-state index is 0.0462. The molecule has 75 heavy (non-hydrogen) atoms. The van der Waals surface area contributed by atoms with E-state index in [2.05, 4.69) is 135 Å². The molecule has 3 N–H and O–H groups in total. The molecule has 9 nitrogen and oxygen atoms in total. The highest BCUT2D eigenvalue weighted by Gasteiger charge is 2.26. The molecule has 0 aliphatic carbocycles. The molecule has 0 saturated heterocycles. The average molecular weight is 1060 g/mol. The lowest BCUT2D eigenvalue weighted by Crippen LogP contribution is -2.29. The van der Waals surface area contributed by atoms with E-state index in [9.17, 15) is 19.0 Å².